The molecule has 0 aromatic heterocycles. The molecule has 1 amide bonds. The molecule has 0 spiro atoms. The molecule has 6 nitrogen and oxygen atoms in total. The Morgan fingerprint density at radius 3 is 0.918 bits per heavy atom. The third kappa shape index (κ3) is 11.9. The van der Waals surface area contributed by atoms with Crippen LogP contribution in [-0.4, -0.2) is 50.4 Å². The van der Waals surface area contributed by atoms with Crippen LogP contribution in [-0.2, 0) is 23.9 Å². The van der Waals surface area contributed by atoms with E-state index in [4.69, 9.17) is 9.47 Å². The van der Waals surface area contributed by atoms with Crippen LogP contribution in [0.15, 0.2) is 182 Å². The Labute approximate surface area is 363 Å². The number of nitrogens with one attached hydrogen (secondary N) is 1. The first-order valence-electron chi connectivity index (χ1n) is 21.8. The molecule has 0 unspecified atom stereocenters. The Morgan fingerprint density at radius 1 is 0.410 bits per heavy atom. The van der Waals surface area contributed by atoms with Gasteiger partial charge in [0.2, 0.25) is 0 Å². The van der Waals surface area contributed by atoms with Crippen molar-refractivity contribution in [2.75, 3.05) is 32.6 Å². The molecule has 0 aliphatic carbocycles. The van der Waals surface area contributed by atoms with E-state index in [2.05, 4.69) is 187 Å². The van der Waals surface area contributed by atoms with Crippen molar-refractivity contribution in [3.8, 4) is 0 Å². The summed E-state index contributed by atoms with van der Waals surface area (Å²) in [5, 5.41) is 10.9. The number of esters is 2. The summed E-state index contributed by atoms with van der Waals surface area (Å²) in [6.45, 7) is -0.272. The first-order chi connectivity index (χ1) is 30.0. The zero-order chi connectivity index (χ0) is 42.6. The molecular formula is C53H61NO5P2. The van der Waals surface area contributed by atoms with Gasteiger partial charge in [-0.2, -0.15) is 0 Å². The van der Waals surface area contributed by atoms with Crippen LogP contribution in [0.5, 0.6) is 0 Å². The van der Waals surface area contributed by atoms with Crippen molar-refractivity contribution < 1.29 is 23.9 Å². The molecule has 6 aromatic carbocycles. The van der Waals surface area contributed by atoms with Crippen molar-refractivity contribution in [2.24, 2.45) is 5.92 Å². The Balaban J connectivity index is 0.961. The third-order valence-corrected chi connectivity index (χ3v) is 22.1. The molecule has 318 valence electrons. The van der Waals surface area contributed by atoms with Crippen LogP contribution in [0, 0.1) is 5.92 Å². The number of hydrogen-bond donors (Lipinski definition) is 1. The molecule has 1 N–H and O–H groups in total. The van der Waals surface area contributed by atoms with Gasteiger partial charge in [-0.25, -0.2) is 0 Å². The van der Waals surface area contributed by atoms with E-state index in [-0.39, 0.29) is 43.9 Å². The molecule has 0 heterocycles. The molecule has 61 heavy (non-hydrogen) atoms. The number of ether oxygens (including phenoxy) is 2. The average molecular weight is 854 g/mol. The van der Waals surface area contributed by atoms with Gasteiger partial charge in [0, 0.05) is 0 Å². The van der Waals surface area contributed by atoms with Crippen LogP contribution in [0.4, 0.5) is 0 Å². The van der Waals surface area contributed by atoms with E-state index in [0.717, 1.165) is 38.0 Å². The van der Waals surface area contributed by atoms with E-state index in [9.17, 15) is 14.4 Å². The fourth-order valence-electron chi connectivity index (χ4n) is 8.81. The summed E-state index contributed by atoms with van der Waals surface area (Å²) in [6.07, 6.45) is 7.61. The maximum atomic E-state index is 12.9. The van der Waals surface area contributed by atoms with E-state index < -0.39 is 20.4 Å². The first kappa shape index (κ1) is 45.1. The summed E-state index contributed by atoms with van der Waals surface area (Å²) in [6, 6.07) is 65.2. The normalized spacial score (nSPS) is 12.5. The van der Waals surface area contributed by atoms with Crippen LogP contribution < -0.4 is 37.1 Å². The van der Waals surface area contributed by atoms with Gasteiger partial charge in [-0.3, -0.25) is 0 Å². The standard InChI is InChI=1S/C53H61NO5P2/c1-54-53(57)44(42-58-51(55)38-22-8-24-40-60(45-26-10-2-11-27-45,46-28-12-3-13-29-46)47-30-14-4-15-31-47)43-59-52(56)39-23-9-25-41-61(48-32-16-5-17-33-48,49-34-18-6-19-35-49)50-36-20-7-21-37-50/h2-7,10-21,26-37,44,60-61H,8-9,22-25,38-43H2,1H3,(H,54,57). The van der Waals surface area contributed by atoms with Crippen molar-refractivity contribution in [1.29, 1.82) is 0 Å². The third-order valence-electron chi connectivity index (χ3n) is 12.0. The number of carbonyl (C=O) groups excluding carboxylic acids is 3. The van der Waals surface area contributed by atoms with Crippen LogP contribution >= 0.6 is 14.5 Å². The van der Waals surface area contributed by atoms with E-state index in [0.29, 0.717) is 12.8 Å². The van der Waals surface area contributed by atoms with Gasteiger partial charge in [-0.1, -0.05) is 0 Å². The van der Waals surface area contributed by atoms with Crippen molar-refractivity contribution in [3.05, 3.63) is 182 Å². The molecule has 0 aliphatic rings. The molecule has 0 aliphatic heterocycles. The number of benzene rings is 6. The van der Waals surface area contributed by atoms with E-state index in [1.54, 1.807) is 0 Å². The molecule has 6 aromatic rings. The van der Waals surface area contributed by atoms with Crippen molar-refractivity contribution in [3.63, 3.8) is 0 Å². The zero-order valence-electron chi connectivity index (χ0n) is 35.4. The van der Waals surface area contributed by atoms with Crippen molar-refractivity contribution in [2.45, 2.75) is 51.4 Å². The zero-order valence-corrected chi connectivity index (χ0v) is 37.4. The monoisotopic (exact) mass is 853 g/mol. The second-order valence-electron chi connectivity index (χ2n) is 15.8. The molecule has 0 atom stereocenters. The van der Waals surface area contributed by atoms with Gasteiger partial charge in [-0.15, -0.1) is 0 Å². The summed E-state index contributed by atoms with van der Waals surface area (Å²) in [5.41, 5.74) is 0. The predicted molar refractivity (Wildman–Crippen MR) is 259 cm³/mol. The molecule has 8 heteroatoms. The maximum absolute atomic E-state index is 12.9. The predicted octanol–water partition coefficient (Wildman–Crippen LogP) is 8.01. The Morgan fingerprint density at radius 2 is 0.672 bits per heavy atom. The minimum atomic E-state index is -2.33. The first-order valence-corrected chi connectivity index (χ1v) is 26.2. The van der Waals surface area contributed by atoms with E-state index >= 15 is 0 Å². The number of rotatable bonds is 23. The van der Waals surface area contributed by atoms with Gasteiger partial charge in [0.25, 0.3) is 0 Å². The summed E-state index contributed by atoms with van der Waals surface area (Å²) in [4.78, 5) is 38.6. The molecule has 0 saturated carbocycles. The van der Waals surface area contributed by atoms with Crippen LogP contribution in [0.1, 0.15) is 51.4 Å². The molecule has 0 saturated heterocycles. The summed E-state index contributed by atoms with van der Waals surface area (Å²) >= 11 is 0. The fourth-order valence-corrected chi connectivity index (χ4v) is 18.7. The molecule has 0 fully saturated rings. The van der Waals surface area contributed by atoms with Gasteiger partial charge in [-0.05, 0) is 0 Å². The molecule has 6 rings (SSSR count). The van der Waals surface area contributed by atoms with Crippen LogP contribution in [0.3, 0.4) is 0 Å². The van der Waals surface area contributed by atoms with Gasteiger partial charge >= 0.3 is 365 Å². The van der Waals surface area contributed by atoms with Gasteiger partial charge in [0.05, 0.1) is 0 Å². The van der Waals surface area contributed by atoms with E-state index in [1.165, 1.54) is 38.9 Å². The average Bonchev–Trinajstić information content (AvgIpc) is 3.33. The second-order valence-corrected chi connectivity index (χ2v) is 23.9. The number of amides is 1. The molecule has 0 bridgehead atoms. The Hall–Kier alpha value is -5.41. The molecule has 0 radical (unpaired) electrons. The van der Waals surface area contributed by atoms with Gasteiger partial charge in [0.1, 0.15) is 0 Å². The van der Waals surface area contributed by atoms with Gasteiger partial charge in [0.15, 0.2) is 0 Å². The SMILES string of the molecule is CNC(=O)C(COC(=O)CCCCC[PH](c1ccccc1)(c1ccccc1)c1ccccc1)COC(=O)CCCCC[PH](c1ccccc1)(c1ccccc1)c1ccccc1. The Bertz CT molecular complexity index is 1860. The van der Waals surface area contributed by atoms with Crippen molar-refractivity contribution >= 4 is 64.2 Å². The summed E-state index contributed by atoms with van der Waals surface area (Å²) < 4.78 is 11.2. The Kier molecular flexibility index (Phi) is 17.4. The van der Waals surface area contributed by atoms with Crippen molar-refractivity contribution in [1.82, 2.24) is 5.32 Å². The minimum absolute atomic E-state index is 0.136. The van der Waals surface area contributed by atoms with Crippen LogP contribution in [0.2, 0.25) is 0 Å². The topological polar surface area (TPSA) is 81.7 Å². The summed E-state index contributed by atoms with van der Waals surface area (Å²) in [7, 11) is -3.12. The second kappa shape index (κ2) is 23.6. The number of unbranched alkanes of at least 4 members (excludes halogenated alkanes) is 4. The molecular weight excluding hydrogens is 793 g/mol. The summed E-state index contributed by atoms with van der Waals surface area (Å²) in [5.74, 6) is -1.80. The quantitative estimate of drug-likeness (QED) is 0.0402. The number of carbonyl (C=O) groups is 3. The van der Waals surface area contributed by atoms with Crippen LogP contribution in [0.25, 0.3) is 0 Å². The van der Waals surface area contributed by atoms with Gasteiger partial charge < -0.3 is 0 Å². The fraction of sp³-hybridized carbons (Fsp3) is 0.264. The number of hydrogen-bond acceptors (Lipinski definition) is 5. The van der Waals surface area contributed by atoms with E-state index in [1.807, 2.05) is 0 Å².